The van der Waals surface area contributed by atoms with E-state index >= 15 is 0 Å². The molecule has 1 unspecified atom stereocenters. The van der Waals surface area contributed by atoms with Gasteiger partial charge >= 0.3 is 0 Å². The third-order valence-corrected chi connectivity index (χ3v) is 3.22. The summed E-state index contributed by atoms with van der Waals surface area (Å²) in [5, 5.41) is 3.83. The Bertz CT molecular complexity index is 300. The first-order valence-corrected chi connectivity index (χ1v) is 6.21. The molecule has 1 atom stereocenters. The van der Waals surface area contributed by atoms with E-state index < -0.39 is 0 Å². The number of halogens is 1. The van der Waals surface area contributed by atoms with E-state index in [-0.39, 0.29) is 5.91 Å². The number of nitrogens with one attached hydrogen (secondary N) is 1. The molecule has 0 aromatic heterocycles. The van der Waals surface area contributed by atoms with Crippen LogP contribution in [-0.4, -0.2) is 17.8 Å². The van der Waals surface area contributed by atoms with Gasteiger partial charge in [0.25, 0.3) is 0 Å². The second-order valence-corrected chi connectivity index (χ2v) is 4.37. The van der Waals surface area contributed by atoms with Crippen molar-refractivity contribution in [2.45, 2.75) is 13.3 Å². The monoisotopic (exact) mass is 269 g/mol. The fourth-order valence-corrected chi connectivity index (χ4v) is 1.42. The Labute approximate surface area is 99.2 Å². The number of rotatable bonds is 5. The molecule has 0 fully saturated rings. The fourth-order valence-electron chi connectivity index (χ4n) is 1.19. The van der Waals surface area contributed by atoms with Gasteiger partial charge in [-0.1, -0.05) is 53.2 Å². The number of carbonyl (C=O) groups excluding carboxylic acids is 1. The van der Waals surface area contributed by atoms with E-state index in [2.05, 4.69) is 28.2 Å². The third-order valence-electron chi connectivity index (χ3n) is 2.12. The summed E-state index contributed by atoms with van der Waals surface area (Å²) in [5.41, 5.74) is 1.06. The molecule has 15 heavy (non-hydrogen) atoms. The topological polar surface area (TPSA) is 29.1 Å². The van der Waals surface area contributed by atoms with Gasteiger partial charge in [0.05, 0.1) is 6.42 Å². The zero-order valence-corrected chi connectivity index (χ0v) is 10.5. The average Bonchev–Trinajstić information content (AvgIpc) is 2.27. The maximum atomic E-state index is 11.5. The number of hydrogen-bond donors (Lipinski definition) is 1. The van der Waals surface area contributed by atoms with Crippen LogP contribution in [0.4, 0.5) is 0 Å². The van der Waals surface area contributed by atoms with Crippen LogP contribution in [-0.2, 0) is 11.2 Å². The molecule has 0 radical (unpaired) electrons. The molecule has 0 aliphatic rings. The Morgan fingerprint density at radius 2 is 2.07 bits per heavy atom. The van der Waals surface area contributed by atoms with Crippen LogP contribution in [0.25, 0.3) is 0 Å². The highest BCUT2D eigenvalue weighted by Gasteiger charge is 2.04. The average molecular weight is 270 g/mol. The van der Waals surface area contributed by atoms with Crippen LogP contribution in [0.1, 0.15) is 12.5 Å². The summed E-state index contributed by atoms with van der Waals surface area (Å²) < 4.78 is 0. The predicted octanol–water partition coefficient (Wildman–Crippen LogP) is 2.38. The van der Waals surface area contributed by atoms with E-state index in [1.54, 1.807) is 0 Å². The van der Waals surface area contributed by atoms with Gasteiger partial charge in [0.1, 0.15) is 0 Å². The molecule has 1 amide bonds. The molecule has 1 rings (SSSR count). The molecule has 1 N–H and O–H groups in total. The Hall–Kier alpha value is -0.830. The molecule has 0 spiro atoms. The highest BCUT2D eigenvalue weighted by molar-refractivity contribution is 9.09. The van der Waals surface area contributed by atoms with Crippen molar-refractivity contribution in [3.8, 4) is 0 Å². The highest BCUT2D eigenvalue weighted by atomic mass is 79.9. The minimum atomic E-state index is 0.0917. The molecule has 0 aliphatic carbocycles. The molecule has 0 saturated heterocycles. The maximum absolute atomic E-state index is 11.5. The molecule has 2 nitrogen and oxygen atoms in total. The Kier molecular flexibility index (Phi) is 5.40. The maximum Gasteiger partial charge on any atom is 0.224 e. The van der Waals surface area contributed by atoms with E-state index in [1.165, 1.54) is 0 Å². The first-order valence-electron chi connectivity index (χ1n) is 5.09. The van der Waals surface area contributed by atoms with Crippen LogP contribution >= 0.6 is 15.9 Å². The molecule has 0 bridgehead atoms. The second kappa shape index (κ2) is 6.62. The lowest BCUT2D eigenvalue weighted by Crippen LogP contribution is -2.30. The zero-order valence-electron chi connectivity index (χ0n) is 8.87. The minimum absolute atomic E-state index is 0.0917. The Morgan fingerprint density at radius 1 is 1.40 bits per heavy atom. The quantitative estimate of drug-likeness (QED) is 0.818. The normalized spacial score (nSPS) is 12.1. The van der Waals surface area contributed by atoms with E-state index in [1.807, 2.05) is 30.3 Å². The molecular formula is C12H16BrNO. The van der Waals surface area contributed by atoms with Crippen molar-refractivity contribution < 1.29 is 4.79 Å². The minimum Gasteiger partial charge on any atom is -0.356 e. The summed E-state index contributed by atoms with van der Waals surface area (Å²) >= 11 is 3.38. The van der Waals surface area contributed by atoms with Crippen LogP contribution in [0.2, 0.25) is 0 Å². The largest absolute Gasteiger partial charge is 0.356 e. The van der Waals surface area contributed by atoms with Crippen molar-refractivity contribution in [3.63, 3.8) is 0 Å². The Balaban J connectivity index is 2.31. The van der Waals surface area contributed by atoms with Crippen LogP contribution in [0.3, 0.4) is 0 Å². The van der Waals surface area contributed by atoms with Crippen LogP contribution < -0.4 is 5.32 Å². The molecule has 0 aliphatic heterocycles. The molecule has 1 aromatic carbocycles. The number of benzene rings is 1. The molecular weight excluding hydrogens is 254 g/mol. The van der Waals surface area contributed by atoms with E-state index in [0.29, 0.717) is 12.3 Å². The van der Waals surface area contributed by atoms with Crippen LogP contribution in [0, 0.1) is 5.92 Å². The van der Waals surface area contributed by atoms with Gasteiger partial charge in [-0.15, -0.1) is 0 Å². The molecule has 82 valence electrons. The van der Waals surface area contributed by atoms with Gasteiger partial charge in [-0.3, -0.25) is 4.79 Å². The number of alkyl halides is 1. The van der Waals surface area contributed by atoms with Gasteiger partial charge in [0, 0.05) is 11.9 Å². The highest BCUT2D eigenvalue weighted by Crippen LogP contribution is 2.00. The summed E-state index contributed by atoms with van der Waals surface area (Å²) in [4.78, 5) is 11.5. The van der Waals surface area contributed by atoms with E-state index in [4.69, 9.17) is 0 Å². The van der Waals surface area contributed by atoms with E-state index in [0.717, 1.165) is 17.4 Å². The fraction of sp³-hybridized carbons (Fsp3) is 0.417. The lowest BCUT2D eigenvalue weighted by molar-refractivity contribution is -0.120. The van der Waals surface area contributed by atoms with Gasteiger partial charge in [-0.25, -0.2) is 0 Å². The SMILES string of the molecule is CC(CBr)CNC(=O)Cc1ccccc1. The van der Waals surface area contributed by atoms with Crippen molar-refractivity contribution in [3.05, 3.63) is 35.9 Å². The predicted molar refractivity (Wildman–Crippen MR) is 66.1 cm³/mol. The lowest BCUT2D eigenvalue weighted by atomic mass is 10.1. The number of amides is 1. The van der Waals surface area contributed by atoms with Gasteiger partial charge < -0.3 is 5.32 Å². The van der Waals surface area contributed by atoms with Crippen molar-refractivity contribution in [1.29, 1.82) is 0 Å². The number of carbonyl (C=O) groups is 1. The third kappa shape index (κ3) is 4.98. The summed E-state index contributed by atoms with van der Waals surface area (Å²) in [7, 11) is 0. The second-order valence-electron chi connectivity index (χ2n) is 3.73. The van der Waals surface area contributed by atoms with Gasteiger partial charge in [0.15, 0.2) is 0 Å². The molecule has 1 aromatic rings. The van der Waals surface area contributed by atoms with Crippen molar-refractivity contribution >= 4 is 21.8 Å². The van der Waals surface area contributed by atoms with Crippen molar-refractivity contribution in [2.75, 3.05) is 11.9 Å². The van der Waals surface area contributed by atoms with Crippen molar-refractivity contribution in [1.82, 2.24) is 5.32 Å². The first kappa shape index (κ1) is 12.2. The summed E-state index contributed by atoms with van der Waals surface area (Å²) in [6, 6.07) is 9.78. The molecule has 3 heteroatoms. The van der Waals surface area contributed by atoms with Crippen molar-refractivity contribution in [2.24, 2.45) is 5.92 Å². The molecule has 0 saturated carbocycles. The first-order chi connectivity index (χ1) is 7.22. The lowest BCUT2D eigenvalue weighted by Gasteiger charge is -2.09. The molecule has 0 heterocycles. The number of hydrogen-bond acceptors (Lipinski definition) is 1. The Morgan fingerprint density at radius 3 is 2.67 bits per heavy atom. The smallest absolute Gasteiger partial charge is 0.224 e. The zero-order chi connectivity index (χ0) is 11.1. The standard InChI is InChI=1S/C12H16BrNO/c1-10(8-13)9-14-12(15)7-11-5-3-2-4-6-11/h2-6,10H,7-9H2,1H3,(H,14,15). The van der Waals surface area contributed by atoms with Gasteiger partial charge in [-0.05, 0) is 11.5 Å². The van der Waals surface area contributed by atoms with Gasteiger partial charge in [-0.2, -0.15) is 0 Å². The summed E-state index contributed by atoms with van der Waals surface area (Å²) in [5.74, 6) is 0.568. The van der Waals surface area contributed by atoms with Crippen LogP contribution in [0.5, 0.6) is 0 Å². The van der Waals surface area contributed by atoms with Crippen LogP contribution in [0.15, 0.2) is 30.3 Å². The van der Waals surface area contributed by atoms with Gasteiger partial charge in [0.2, 0.25) is 5.91 Å². The summed E-state index contributed by atoms with van der Waals surface area (Å²) in [6.07, 6.45) is 0.468. The summed E-state index contributed by atoms with van der Waals surface area (Å²) in [6.45, 7) is 2.83. The van der Waals surface area contributed by atoms with E-state index in [9.17, 15) is 4.79 Å².